The van der Waals surface area contributed by atoms with Gasteiger partial charge in [0.15, 0.2) is 0 Å². The van der Waals surface area contributed by atoms with Gasteiger partial charge in [0, 0.05) is 23.5 Å². The minimum atomic E-state index is -0.0796. The number of rotatable bonds is 2. The van der Waals surface area contributed by atoms with Crippen LogP contribution >= 0.6 is 11.3 Å². The van der Waals surface area contributed by atoms with Crippen LogP contribution in [0.5, 0.6) is 0 Å². The van der Waals surface area contributed by atoms with E-state index in [1.165, 1.54) is 4.88 Å². The van der Waals surface area contributed by atoms with Gasteiger partial charge in [-0.05, 0) is 26.0 Å². The van der Waals surface area contributed by atoms with Crippen molar-refractivity contribution in [1.29, 1.82) is 0 Å². The van der Waals surface area contributed by atoms with Gasteiger partial charge in [-0.1, -0.05) is 11.8 Å². The van der Waals surface area contributed by atoms with Gasteiger partial charge < -0.3 is 9.84 Å². The third-order valence-electron chi connectivity index (χ3n) is 3.12. The van der Waals surface area contributed by atoms with Crippen molar-refractivity contribution in [2.45, 2.75) is 25.9 Å². The molecule has 18 heavy (non-hydrogen) atoms. The first-order chi connectivity index (χ1) is 8.62. The number of nitrogens with zero attached hydrogens (tertiary/aromatic N) is 1. The molecule has 1 N–H and O–H groups in total. The summed E-state index contributed by atoms with van der Waals surface area (Å²) >= 11 is 1.70. The molecule has 0 aromatic carbocycles. The quantitative estimate of drug-likeness (QED) is 0.826. The van der Waals surface area contributed by atoms with E-state index < -0.39 is 0 Å². The van der Waals surface area contributed by atoms with Crippen LogP contribution < -0.4 is 0 Å². The van der Waals surface area contributed by atoms with E-state index in [9.17, 15) is 0 Å². The Labute approximate surface area is 112 Å². The summed E-state index contributed by atoms with van der Waals surface area (Å²) < 4.78 is 5.52. The summed E-state index contributed by atoms with van der Waals surface area (Å²) in [6.07, 6.45) is 0. The van der Waals surface area contributed by atoms with E-state index in [1.807, 2.05) is 6.07 Å². The van der Waals surface area contributed by atoms with Gasteiger partial charge in [-0.15, -0.1) is 11.3 Å². The van der Waals surface area contributed by atoms with Crippen molar-refractivity contribution in [1.82, 2.24) is 4.90 Å². The highest BCUT2D eigenvalue weighted by Crippen LogP contribution is 2.24. The molecule has 0 radical (unpaired) electrons. The first-order valence-electron chi connectivity index (χ1n) is 6.13. The molecule has 0 aliphatic carbocycles. The molecule has 1 aliphatic rings. The number of aliphatic hydroxyl groups excluding tert-OH is 1. The van der Waals surface area contributed by atoms with Crippen LogP contribution in [-0.2, 0) is 11.3 Å². The molecule has 1 aliphatic heterocycles. The molecule has 4 heteroatoms. The highest BCUT2D eigenvalue weighted by atomic mass is 32.1. The Morgan fingerprint density at radius 1 is 1.50 bits per heavy atom. The molecule has 0 amide bonds. The van der Waals surface area contributed by atoms with Gasteiger partial charge in [0.1, 0.15) is 6.61 Å². The molecule has 1 fully saturated rings. The van der Waals surface area contributed by atoms with Crippen molar-refractivity contribution in [2.24, 2.45) is 0 Å². The van der Waals surface area contributed by atoms with Crippen molar-refractivity contribution in [2.75, 3.05) is 26.4 Å². The van der Waals surface area contributed by atoms with Gasteiger partial charge in [-0.25, -0.2) is 0 Å². The summed E-state index contributed by atoms with van der Waals surface area (Å²) in [4.78, 5) is 4.78. The fourth-order valence-corrected chi connectivity index (χ4v) is 2.93. The zero-order chi connectivity index (χ0) is 13.0. The number of hydrogen-bond donors (Lipinski definition) is 1. The zero-order valence-corrected chi connectivity index (χ0v) is 11.7. The maximum Gasteiger partial charge on any atom is 0.104 e. The molecule has 1 aromatic rings. The highest BCUT2D eigenvalue weighted by molar-refractivity contribution is 7.12. The molecular formula is C14H19NO2S. The summed E-state index contributed by atoms with van der Waals surface area (Å²) in [7, 11) is 0. The molecule has 0 spiro atoms. The fraction of sp³-hybridized carbons (Fsp3) is 0.571. The Kier molecular flexibility index (Phi) is 4.41. The Morgan fingerprint density at radius 2 is 2.33 bits per heavy atom. The van der Waals surface area contributed by atoms with E-state index in [1.54, 1.807) is 11.3 Å². The third-order valence-corrected chi connectivity index (χ3v) is 4.10. The number of morpholine rings is 1. The summed E-state index contributed by atoms with van der Waals surface area (Å²) in [5.41, 5.74) is 0.0964. The molecule has 0 atom stereocenters. The molecule has 1 saturated heterocycles. The molecule has 2 rings (SSSR count). The van der Waals surface area contributed by atoms with Crippen LogP contribution in [0.1, 0.15) is 23.6 Å². The first-order valence-corrected chi connectivity index (χ1v) is 6.95. The van der Waals surface area contributed by atoms with Crippen molar-refractivity contribution < 1.29 is 9.84 Å². The highest BCUT2D eigenvalue weighted by Gasteiger charge is 2.30. The van der Waals surface area contributed by atoms with Gasteiger partial charge in [-0.3, -0.25) is 4.90 Å². The van der Waals surface area contributed by atoms with Crippen LogP contribution in [0.25, 0.3) is 0 Å². The Bertz CT molecular complexity index is 456. The lowest BCUT2D eigenvalue weighted by atomic mass is 10.0. The van der Waals surface area contributed by atoms with E-state index in [0.717, 1.165) is 31.2 Å². The third kappa shape index (κ3) is 3.33. The number of aliphatic hydroxyl groups is 1. The monoisotopic (exact) mass is 265 g/mol. The normalized spacial score (nSPS) is 19.3. The summed E-state index contributed by atoms with van der Waals surface area (Å²) in [5, 5.41) is 8.67. The summed E-state index contributed by atoms with van der Waals surface area (Å²) in [6, 6.07) is 4.15. The maximum absolute atomic E-state index is 8.67. The Balaban J connectivity index is 2.02. The van der Waals surface area contributed by atoms with Crippen molar-refractivity contribution in [3.05, 3.63) is 21.9 Å². The average Bonchev–Trinajstić information content (AvgIpc) is 2.77. The van der Waals surface area contributed by atoms with E-state index in [-0.39, 0.29) is 12.1 Å². The van der Waals surface area contributed by atoms with Crippen LogP contribution in [0, 0.1) is 11.8 Å². The molecular weight excluding hydrogens is 246 g/mol. The second-order valence-corrected chi connectivity index (χ2v) is 6.18. The van der Waals surface area contributed by atoms with Crippen molar-refractivity contribution >= 4 is 11.3 Å². The number of ether oxygens (including phenoxy) is 1. The second-order valence-electron chi connectivity index (χ2n) is 5.01. The minimum absolute atomic E-state index is 0.0796. The first kappa shape index (κ1) is 13.6. The lowest BCUT2D eigenvalue weighted by molar-refractivity contribution is -0.0548. The number of thiophene rings is 1. The smallest absolute Gasteiger partial charge is 0.104 e. The zero-order valence-electron chi connectivity index (χ0n) is 10.9. The molecule has 2 heterocycles. The Morgan fingerprint density at radius 3 is 3.06 bits per heavy atom. The number of hydrogen-bond acceptors (Lipinski definition) is 4. The van der Waals surface area contributed by atoms with Crippen LogP contribution in [0.3, 0.4) is 0 Å². The van der Waals surface area contributed by atoms with E-state index in [0.29, 0.717) is 0 Å². The standard InChI is InChI=1S/C14H19NO2S/c1-14(2)11-17-9-7-15(14)10-13-6-5-12(18-13)4-3-8-16/h5-6,16H,7-11H2,1-2H3. The largest absolute Gasteiger partial charge is 0.384 e. The van der Waals surface area contributed by atoms with Gasteiger partial charge in [0.2, 0.25) is 0 Å². The van der Waals surface area contributed by atoms with E-state index in [4.69, 9.17) is 9.84 Å². The van der Waals surface area contributed by atoms with Crippen LogP contribution in [-0.4, -0.2) is 41.9 Å². The average molecular weight is 265 g/mol. The summed E-state index contributed by atoms with van der Waals surface area (Å²) in [5.74, 6) is 5.63. The lowest BCUT2D eigenvalue weighted by Gasteiger charge is -2.41. The van der Waals surface area contributed by atoms with Gasteiger partial charge in [0.05, 0.1) is 18.1 Å². The van der Waals surface area contributed by atoms with E-state index in [2.05, 4.69) is 36.7 Å². The molecule has 3 nitrogen and oxygen atoms in total. The summed E-state index contributed by atoms with van der Waals surface area (Å²) in [6.45, 7) is 7.87. The second kappa shape index (κ2) is 5.85. The topological polar surface area (TPSA) is 32.7 Å². The van der Waals surface area contributed by atoms with Crippen LogP contribution in [0.15, 0.2) is 12.1 Å². The molecule has 1 aromatic heterocycles. The van der Waals surface area contributed by atoms with Crippen LogP contribution in [0.2, 0.25) is 0 Å². The van der Waals surface area contributed by atoms with Gasteiger partial charge >= 0.3 is 0 Å². The molecule has 98 valence electrons. The lowest BCUT2D eigenvalue weighted by Crippen LogP contribution is -2.52. The molecule has 0 saturated carbocycles. The van der Waals surface area contributed by atoms with Gasteiger partial charge in [-0.2, -0.15) is 0 Å². The Hall–Kier alpha value is -0.860. The predicted octanol–water partition coefficient (Wildman–Crippen LogP) is 1.70. The molecule has 0 unspecified atom stereocenters. The molecule has 0 bridgehead atoms. The maximum atomic E-state index is 8.67. The minimum Gasteiger partial charge on any atom is -0.384 e. The van der Waals surface area contributed by atoms with Crippen molar-refractivity contribution in [3.63, 3.8) is 0 Å². The predicted molar refractivity (Wildman–Crippen MR) is 73.6 cm³/mol. The van der Waals surface area contributed by atoms with Crippen LogP contribution in [0.4, 0.5) is 0 Å². The fourth-order valence-electron chi connectivity index (χ4n) is 2.03. The SMILES string of the molecule is CC1(C)COCCN1Cc1ccc(C#CCO)s1. The van der Waals surface area contributed by atoms with Gasteiger partial charge in [0.25, 0.3) is 0 Å². The van der Waals surface area contributed by atoms with Crippen molar-refractivity contribution in [3.8, 4) is 11.8 Å². The van der Waals surface area contributed by atoms with E-state index >= 15 is 0 Å².